The monoisotopic (exact) mass is 281 g/mol. The van der Waals surface area contributed by atoms with Crippen LogP contribution in [0.4, 0.5) is 0 Å². The molecule has 1 heterocycles. The average Bonchev–Trinajstić information content (AvgIpc) is 2.96. The Labute approximate surface area is 121 Å². The van der Waals surface area contributed by atoms with Gasteiger partial charge in [0.2, 0.25) is 5.91 Å². The standard InChI is InChI=1S/C15H27N3O2/c1-4-17(5-2)15(19)10-13(11-16)18(6-3)12-14-8-7-9-20-14/h7-9,13H,4-6,10-12,16H2,1-3H3. The molecule has 1 rings (SSSR count). The molecule has 0 saturated heterocycles. The van der Waals surface area contributed by atoms with Gasteiger partial charge >= 0.3 is 0 Å². The summed E-state index contributed by atoms with van der Waals surface area (Å²) >= 11 is 0. The Balaban J connectivity index is 2.64. The van der Waals surface area contributed by atoms with E-state index in [0.29, 0.717) is 19.5 Å². The number of hydrogen-bond donors (Lipinski definition) is 1. The molecule has 20 heavy (non-hydrogen) atoms. The van der Waals surface area contributed by atoms with Crippen LogP contribution in [0.1, 0.15) is 33.0 Å². The fraction of sp³-hybridized carbons (Fsp3) is 0.667. The van der Waals surface area contributed by atoms with E-state index in [0.717, 1.165) is 25.4 Å². The van der Waals surface area contributed by atoms with Crippen LogP contribution in [0, 0.1) is 0 Å². The van der Waals surface area contributed by atoms with Gasteiger partial charge in [-0.05, 0) is 32.5 Å². The van der Waals surface area contributed by atoms with Crippen molar-refractivity contribution in [2.75, 3.05) is 26.2 Å². The summed E-state index contributed by atoms with van der Waals surface area (Å²) in [6.07, 6.45) is 2.13. The maximum absolute atomic E-state index is 12.2. The van der Waals surface area contributed by atoms with Gasteiger partial charge in [-0.1, -0.05) is 6.92 Å². The van der Waals surface area contributed by atoms with Crippen molar-refractivity contribution in [2.24, 2.45) is 5.73 Å². The summed E-state index contributed by atoms with van der Waals surface area (Å²) in [5.74, 6) is 1.07. The smallest absolute Gasteiger partial charge is 0.224 e. The van der Waals surface area contributed by atoms with Crippen molar-refractivity contribution in [3.05, 3.63) is 24.2 Å². The Morgan fingerprint density at radius 1 is 1.30 bits per heavy atom. The molecule has 0 aliphatic rings. The Morgan fingerprint density at radius 3 is 2.45 bits per heavy atom. The normalized spacial score (nSPS) is 12.7. The molecule has 1 amide bonds. The van der Waals surface area contributed by atoms with E-state index in [9.17, 15) is 4.79 Å². The van der Waals surface area contributed by atoms with Gasteiger partial charge in [0.05, 0.1) is 12.8 Å². The SMILES string of the molecule is CCN(CC)C(=O)CC(CN)N(CC)Cc1ccco1. The van der Waals surface area contributed by atoms with Crippen LogP contribution in [0.15, 0.2) is 22.8 Å². The van der Waals surface area contributed by atoms with Gasteiger partial charge in [-0.25, -0.2) is 0 Å². The van der Waals surface area contributed by atoms with Crippen molar-refractivity contribution in [1.29, 1.82) is 0 Å². The molecule has 1 aromatic rings. The van der Waals surface area contributed by atoms with E-state index in [2.05, 4.69) is 11.8 Å². The summed E-state index contributed by atoms with van der Waals surface area (Å²) in [7, 11) is 0. The van der Waals surface area contributed by atoms with Crippen LogP contribution < -0.4 is 5.73 Å². The molecule has 0 fully saturated rings. The zero-order chi connectivity index (χ0) is 15.0. The molecular formula is C15H27N3O2. The van der Waals surface area contributed by atoms with Gasteiger partial charge in [0.1, 0.15) is 5.76 Å². The van der Waals surface area contributed by atoms with Gasteiger partial charge in [-0.2, -0.15) is 0 Å². The van der Waals surface area contributed by atoms with Crippen LogP contribution in [-0.4, -0.2) is 47.9 Å². The molecule has 0 spiro atoms. The molecule has 0 aliphatic heterocycles. The van der Waals surface area contributed by atoms with E-state index >= 15 is 0 Å². The lowest BCUT2D eigenvalue weighted by Gasteiger charge is -2.30. The molecule has 0 saturated carbocycles. The van der Waals surface area contributed by atoms with Gasteiger partial charge < -0.3 is 15.1 Å². The van der Waals surface area contributed by atoms with Gasteiger partial charge in [0.25, 0.3) is 0 Å². The molecule has 114 valence electrons. The van der Waals surface area contributed by atoms with Crippen LogP contribution in [0.3, 0.4) is 0 Å². The van der Waals surface area contributed by atoms with E-state index in [1.807, 2.05) is 30.9 Å². The van der Waals surface area contributed by atoms with Crippen LogP contribution in [0.5, 0.6) is 0 Å². The summed E-state index contributed by atoms with van der Waals surface area (Å²) in [5.41, 5.74) is 5.87. The molecule has 5 nitrogen and oxygen atoms in total. The van der Waals surface area contributed by atoms with Gasteiger partial charge in [-0.3, -0.25) is 9.69 Å². The third-order valence-electron chi connectivity index (χ3n) is 3.66. The molecule has 0 bridgehead atoms. The number of amides is 1. The van der Waals surface area contributed by atoms with E-state index in [-0.39, 0.29) is 11.9 Å². The molecule has 0 aliphatic carbocycles. The first kappa shape index (κ1) is 16.7. The Bertz CT molecular complexity index is 374. The number of carbonyl (C=O) groups excluding carboxylic acids is 1. The third-order valence-corrected chi connectivity index (χ3v) is 3.66. The second-order valence-corrected chi connectivity index (χ2v) is 4.80. The van der Waals surface area contributed by atoms with Crippen molar-refractivity contribution in [1.82, 2.24) is 9.80 Å². The van der Waals surface area contributed by atoms with Gasteiger partial charge in [-0.15, -0.1) is 0 Å². The average molecular weight is 281 g/mol. The summed E-state index contributed by atoms with van der Waals surface area (Å²) in [6, 6.07) is 3.88. The lowest BCUT2D eigenvalue weighted by Crippen LogP contribution is -2.44. The van der Waals surface area contributed by atoms with Crippen molar-refractivity contribution in [3.8, 4) is 0 Å². The Kier molecular flexibility index (Phi) is 7.33. The lowest BCUT2D eigenvalue weighted by molar-refractivity contribution is -0.132. The van der Waals surface area contributed by atoms with Crippen LogP contribution in [-0.2, 0) is 11.3 Å². The second kappa shape index (κ2) is 8.76. The van der Waals surface area contributed by atoms with Crippen LogP contribution in [0.25, 0.3) is 0 Å². The molecular weight excluding hydrogens is 254 g/mol. The second-order valence-electron chi connectivity index (χ2n) is 4.80. The first-order chi connectivity index (χ1) is 9.65. The summed E-state index contributed by atoms with van der Waals surface area (Å²) < 4.78 is 5.38. The van der Waals surface area contributed by atoms with Crippen molar-refractivity contribution in [2.45, 2.75) is 39.8 Å². The van der Waals surface area contributed by atoms with Crippen LogP contribution in [0.2, 0.25) is 0 Å². The Morgan fingerprint density at radius 2 is 2.00 bits per heavy atom. The number of nitrogens with two attached hydrogens (primary N) is 1. The fourth-order valence-corrected chi connectivity index (χ4v) is 2.37. The largest absolute Gasteiger partial charge is 0.468 e. The molecule has 1 aromatic heterocycles. The highest BCUT2D eigenvalue weighted by Gasteiger charge is 2.22. The number of furan rings is 1. The number of carbonyl (C=O) groups is 1. The minimum absolute atomic E-state index is 0.0539. The number of likely N-dealkylation sites (N-methyl/N-ethyl adjacent to an activating group) is 1. The fourth-order valence-electron chi connectivity index (χ4n) is 2.37. The summed E-state index contributed by atoms with van der Waals surface area (Å²) in [6.45, 7) is 9.58. The molecule has 0 aromatic carbocycles. The van der Waals surface area contributed by atoms with Crippen molar-refractivity contribution in [3.63, 3.8) is 0 Å². The van der Waals surface area contributed by atoms with Crippen LogP contribution >= 0.6 is 0 Å². The van der Waals surface area contributed by atoms with Gasteiger partial charge in [0, 0.05) is 32.1 Å². The molecule has 0 radical (unpaired) electrons. The number of rotatable bonds is 9. The minimum atomic E-state index is 0.0539. The highest BCUT2D eigenvalue weighted by molar-refractivity contribution is 5.76. The summed E-state index contributed by atoms with van der Waals surface area (Å²) in [5, 5.41) is 0. The zero-order valence-corrected chi connectivity index (χ0v) is 12.8. The predicted octanol–water partition coefficient (Wildman–Crippen LogP) is 1.69. The van der Waals surface area contributed by atoms with Gasteiger partial charge in [0.15, 0.2) is 0 Å². The third kappa shape index (κ3) is 4.65. The molecule has 2 N–H and O–H groups in total. The quantitative estimate of drug-likeness (QED) is 0.748. The van der Waals surface area contributed by atoms with E-state index < -0.39 is 0 Å². The van der Waals surface area contributed by atoms with E-state index in [1.54, 1.807) is 6.26 Å². The van der Waals surface area contributed by atoms with Crippen molar-refractivity contribution >= 4 is 5.91 Å². The molecule has 1 unspecified atom stereocenters. The lowest BCUT2D eigenvalue weighted by atomic mass is 10.1. The zero-order valence-electron chi connectivity index (χ0n) is 12.8. The van der Waals surface area contributed by atoms with E-state index in [1.165, 1.54) is 0 Å². The predicted molar refractivity (Wildman–Crippen MR) is 80.2 cm³/mol. The highest BCUT2D eigenvalue weighted by Crippen LogP contribution is 2.12. The first-order valence-electron chi connectivity index (χ1n) is 7.40. The molecule has 1 atom stereocenters. The van der Waals surface area contributed by atoms with Crippen molar-refractivity contribution < 1.29 is 9.21 Å². The number of nitrogens with zero attached hydrogens (tertiary/aromatic N) is 2. The topological polar surface area (TPSA) is 62.7 Å². The maximum atomic E-state index is 12.2. The molecule has 5 heteroatoms. The maximum Gasteiger partial charge on any atom is 0.224 e. The summed E-state index contributed by atoms with van der Waals surface area (Å²) in [4.78, 5) is 16.3. The minimum Gasteiger partial charge on any atom is -0.468 e. The Hall–Kier alpha value is -1.33. The number of hydrogen-bond acceptors (Lipinski definition) is 4. The highest BCUT2D eigenvalue weighted by atomic mass is 16.3. The van der Waals surface area contributed by atoms with E-state index in [4.69, 9.17) is 10.2 Å². The first-order valence-corrected chi connectivity index (χ1v) is 7.40.